The van der Waals surface area contributed by atoms with Gasteiger partial charge in [-0.15, -0.1) is 16.9 Å². The second kappa shape index (κ2) is 7.11. The molecule has 0 saturated carbocycles. The molecule has 0 spiro atoms. The summed E-state index contributed by atoms with van der Waals surface area (Å²) in [5.41, 5.74) is 1.39. The van der Waals surface area contributed by atoms with Crippen molar-refractivity contribution < 1.29 is 13.6 Å². The molecule has 1 atom stereocenters. The number of carbonyl (C=O) groups is 1. The van der Waals surface area contributed by atoms with Crippen LogP contribution in [0.15, 0.2) is 47.4 Å². The predicted molar refractivity (Wildman–Crippen MR) is 98.0 cm³/mol. The average Bonchev–Trinajstić information content (AvgIpc) is 3.05. The molecule has 27 heavy (non-hydrogen) atoms. The van der Waals surface area contributed by atoms with Crippen LogP contribution in [0.5, 0.6) is 0 Å². The van der Waals surface area contributed by atoms with E-state index < -0.39 is 5.91 Å². The van der Waals surface area contributed by atoms with Crippen molar-refractivity contribution in [1.82, 2.24) is 20.1 Å². The number of thioether (sulfide) groups is 1. The fourth-order valence-electron chi connectivity index (χ4n) is 3.05. The second-order valence-electron chi connectivity index (χ2n) is 6.22. The summed E-state index contributed by atoms with van der Waals surface area (Å²) in [5.74, 6) is 0.261. The van der Waals surface area contributed by atoms with Crippen LogP contribution in [0.4, 0.5) is 8.78 Å². The first-order valence-electron chi connectivity index (χ1n) is 8.44. The third-order valence-electron chi connectivity index (χ3n) is 4.36. The smallest absolute Gasteiger partial charge is 0.291 e. The largest absolute Gasteiger partial charge is 0.342 e. The number of benzene rings is 2. The minimum Gasteiger partial charge on any atom is -0.342 e. The first kappa shape index (κ1) is 17.7. The molecule has 2 heterocycles. The van der Waals surface area contributed by atoms with E-state index in [4.69, 9.17) is 0 Å². The molecule has 2 aromatic carbocycles. The summed E-state index contributed by atoms with van der Waals surface area (Å²) >= 11 is 1.65. The molecule has 0 radical (unpaired) electrons. The van der Waals surface area contributed by atoms with Gasteiger partial charge in [-0.2, -0.15) is 0 Å². The van der Waals surface area contributed by atoms with Crippen LogP contribution >= 0.6 is 11.8 Å². The Balaban J connectivity index is 1.57. The van der Waals surface area contributed by atoms with Crippen molar-refractivity contribution in [2.75, 3.05) is 5.75 Å². The van der Waals surface area contributed by atoms with Gasteiger partial charge in [0.25, 0.3) is 5.91 Å². The molecule has 0 aliphatic carbocycles. The highest BCUT2D eigenvalue weighted by Gasteiger charge is 2.25. The molecule has 1 aliphatic heterocycles. The lowest BCUT2D eigenvalue weighted by Crippen LogP contribution is -2.31. The summed E-state index contributed by atoms with van der Waals surface area (Å²) in [6, 6.07) is 10.1. The van der Waals surface area contributed by atoms with Gasteiger partial charge >= 0.3 is 0 Å². The van der Waals surface area contributed by atoms with Gasteiger partial charge in [-0.3, -0.25) is 4.79 Å². The minimum atomic E-state index is -0.425. The van der Waals surface area contributed by atoms with E-state index in [9.17, 15) is 13.6 Å². The lowest BCUT2D eigenvalue weighted by Gasteiger charge is -2.25. The molecule has 1 aliphatic rings. The van der Waals surface area contributed by atoms with E-state index in [0.29, 0.717) is 17.9 Å². The third-order valence-corrected chi connectivity index (χ3v) is 5.48. The molecule has 0 saturated heterocycles. The van der Waals surface area contributed by atoms with Crippen LogP contribution < -0.4 is 5.32 Å². The van der Waals surface area contributed by atoms with Crippen LogP contribution in [0, 0.1) is 18.6 Å². The Morgan fingerprint density at radius 3 is 2.70 bits per heavy atom. The standard InChI is InChI=1S/C19H16F2N4OS/c1-11-22-18(24-25(11)14-5-2-12(20)3-6-14)19(26)23-16-8-9-27-17-7-4-13(21)10-15(16)17/h2-7,10,16H,8-9H2,1H3,(H,23,26). The Hall–Kier alpha value is -2.74. The summed E-state index contributed by atoms with van der Waals surface area (Å²) < 4.78 is 28.2. The van der Waals surface area contributed by atoms with E-state index in [-0.39, 0.29) is 23.5 Å². The van der Waals surface area contributed by atoms with E-state index >= 15 is 0 Å². The van der Waals surface area contributed by atoms with Crippen LogP contribution in [-0.4, -0.2) is 26.4 Å². The summed E-state index contributed by atoms with van der Waals surface area (Å²) in [5, 5.41) is 7.14. The Morgan fingerprint density at radius 2 is 1.93 bits per heavy atom. The maximum atomic E-state index is 13.6. The quantitative estimate of drug-likeness (QED) is 0.743. The lowest BCUT2D eigenvalue weighted by molar-refractivity contribution is 0.0924. The van der Waals surface area contributed by atoms with Gasteiger partial charge < -0.3 is 5.32 Å². The van der Waals surface area contributed by atoms with Gasteiger partial charge in [0.05, 0.1) is 11.7 Å². The maximum absolute atomic E-state index is 13.6. The molecule has 5 nitrogen and oxygen atoms in total. The zero-order valence-electron chi connectivity index (χ0n) is 14.4. The number of rotatable bonds is 3. The fourth-order valence-corrected chi connectivity index (χ4v) is 4.16. The minimum absolute atomic E-state index is 0.0213. The number of nitrogens with one attached hydrogen (secondary N) is 1. The molecule has 8 heteroatoms. The SMILES string of the molecule is Cc1nc(C(=O)NC2CCSc3ccc(F)cc32)nn1-c1ccc(F)cc1. The number of fused-ring (bicyclic) bond motifs is 1. The Bertz CT molecular complexity index is 1000. The van der Waals surface area contributed by atoms with Crippen molar-refractivity contribution in [3.63, 3.8) is 0 Å². The van der Waals surface area contributed by atoms with Gasteiger partial charge in [0.2, 0.25) is 5.82 Å². The molecule has 0 fully saturated rings. The van der Waals surface area contributed by atoms with Crippen molar-refractivity contribution in [2.45, 2.75) is 24.3 Å². The Labute approximate surface area is 158 Å². The highest BCUT2D eigenvalue weighted by Crippen LogP contribution is 2.36. The first-order chi connectivity index (χ1) is 13.0. The van der Waals surface area contributed by atoms with Crippen molar-refractivity contribution in [3.8, 4) is 5.69 Å². The number of amides is 1. The van der Waals surface area contributed by atoms with E-state index in [1.165, 1.54) is 28.9 Å². The van der Waals surface area contributed by atoms with Gasteiger partial charge in [0, 0.05) is 10.6 Å². The topological polar surface area (TPSA) is 59.8 Å². The number of hydrogen-bond acceptors (Lipinski definition) is 4. The molecule has 1 N–H and O–H groups in total. The highest BCUT2D eigenvalue weighted by molar-refractivity contribution is 7.99. The molecular formula is C19H16F2N4OS. The molecular weight excluding hydrogens is 370 g/mol. The van der Waals surface area contributed by atoms with Gasteiger partial charge in [-0.1, -0.05) is 0 Å². The molecule has 1 aromatic heterocycles. The number of aryl methyl sites for hydroxylation is 1. The zero-order valence-corrected chi connectivity index (χ0v) is 15.3. The number of carbonyl (C=O) groups excluding carboxylic acids is 1. The van der Waals surface area contributed by atoms with Crippen LogP contribution in [0.3, 0.4) is 0 Å². The van der Waals surface area contributed by atoms with Gasteiger partial charge in [-0.25, -0.2) is 18.4 Å². The van der Waals surface area contributed by atoms with Crippen LogP contribution in [0.25, 0.3) is 5.69 Å². The van der Waals surface area contributed by atoms with E-state index in [2.05, 4.69) is 15.4 Å². The predicted octanol–water partition coefficient (Wildman–Crippen LogP) is 3.82. The molecule has 138 valence electrons. The normalized spacial score (nSPS) is 16.0. The maximum Gasteiger partial charge on any atom is 0.291 e. The van der Waals surface area contributed by atoms with E-state index in [0.717, 1.165) is 16.2 Å². The zero-order chi connectivity index (χ0) is 19.0. The van der Waals surface area contributed by atoms with Crippen LogP contribution in [-0.2, 0) is 0 Å². The van der Waals surface area contributed by atoms with Crippen LogP contribution in [0.1, 0.15) is 34.5 Å². The highest BCUT2D eigenvalue weighted by atomic mass is 32.2. The number of nitrogens with zero attached hydrogens (tertiary/aromatic N) is 3. The van der Waals surface area contributed by atoms with Crippen molar-refractivity contribution >= 4 is 17.7 Å². The second-order valence-corrected chi connectivity index (χ2v) is 7.35. The fraction of sp³-hybridized carbons (Fsp3) is 0.211. The number of halogens is 2. The van der Waals surface area contributed by atoms with Crippen molar-refractivity contribution in [2.24, 2.45) is 0 Å². The summed E-state index contributed by atoms with van der Waals surface area (Å²) in [6.45, 7) is 1.72. The van der Waals surface area contributed by atoms with Crippen LogP contribution in [0.2, 0.25) is 0 Å². The van der Waals surface area contributed by atoms with Gasteiger partial charge in [-0.05, 0) is 61.4 Å². The Morgan fingerprint density at radius 1 is 1.19 bits per heavy atom. The molecule has 1 unspecified atom stereocenters. The number of hydrogen-bond donors (Lipinski definition) is 1. The summed E-state index contributed by atoms with van der Waals surface area (Å²) in [7, 11) is 0. The summed E-state index contributed by atoms with van der Waals surface area (Å²) in [6.07, 6.45) is 0.699. The van der Waals surface area contributed by atoms with E-state index in [1.807, 2.05) is 0 Å². The monoisotopic (exact) mass is 386 g/mol. The molecule has 0 bridgehead atoms. The molecule has 1 amide bonds. The van der Waals surface area contributed by atoms with Gasteiger partial charge in [0.1, 0.15) is 17.5 Å². The number of aromatic nitrogens is 3. The van der Waals surface area contributed by atoms with Gasteiger partial charge in [0.15, 0.2) is 0 Å². The molecule has 3 aromatic rings. The first-order valence-corrected chi connectivity index (χ1v) is 9.42. The third kappa shape index (κ3) is 3.57. The summed E-state index contributed by atoms with van der Waals surface area (Å²) in [4.78, 5) is 17.8. The van der Waals surface area contributed by atoms with E-state index in [1.54, 1.807) is 36.9 Å². The average molecular weight is 386 g/mol. The van der Waals surface area contributed by atoms with Crippen molar-refractivity contribution in [1.29, 1.82) is 0 Å². The Kier molecular flexibility index (Phi) is 4.65. The lowest BCUT2D eigenvalue weighted by atomic mass is 10.0. The molecule has 4 rings (SSSR count). The van der Waals surface area contributed by atoms with Crippen molar-refractivity contribution in [3.05, 3.63) is 71.3 Å².